The van der Waals surface area contributed by atoms with E-state index < -0.39 is 0 Å². The molecule has 0 saturated heterocycles. The Morgan fingerprint density at radius 1 is 1.44 bits per heavy atom. The number of hydrogen-bond acceptors (Lipinski definition) is 2. The van der Waals surface area contributed by atoms with E-state index in [9.17, 15) is 4.39 Å². The molecule has 0 bridgehead atoms. The number of benzene rings is 1. The van der Waals surface area contributed by atoms with Gasteiger partial charge in [-0.15, -0.1) is 0 Å². The molecule has 16 heavy (non-hydrogen) atoms. The van der Waals surface area contributed by atoms with E-state index in [2.05, 4.69) is 0 Å². The highest BCUT2D eigenvalue weighted by Crippen LogP contribution is 2.25. The first-order valence-corrected chi connectivity index (χ1v) is 5.72. The molecule has 1 aromatic carbocycles. The molecule has 0 aliphatic carbocycles. The molecule has 2 unspecified atom stereocenters. The molecular weight excluding hydrogens is 205 g/mol. The third-order valence-electron chi connectivity index (χ3n) is 3.05. The molecule has 2 nitrogen and oxygen atoms in total. The molecule has 0 amide bonds. The number of aryl methyl sites for hydroxylation is 1. The summed E-state index contributed by atoms with van der Waals surface area (Å²) in [6.45, 7) is 3.81. The van der Waals surface area contributed by atoms with Crippen LogP contribution in [0.5, 0.6) is 0 Å². The molecule has 0 heterocycles. The van der Waals surface area contributed by atoms with Gasteiger partial charge >= 0.3 is 0 Å². The maximum Gasteiger partial charge on any atom is 0.126 e. The van der Waals surface area contributed by atoms with E-state index >= 15 is 0 Å². The normalized spacial score (nSPS) is 14.8. The molecule has 0 saturated carbocycles. The van der Waals surface area contributed by atoms with Crippen molar-refractivity contribution in [1.82, 2.24) is 0 Å². The Balaban J connectivity index is 2.96. The van der Waals surface area contributed by atoms with Gasteiger partial charge in [0, 0.05) is 18.6 Å². The third kappa shape index (κ3) is 3.03. The van der Waals surface area contributed by atoms with Crippen molar-refractivity contribution >= 4 is 0 Å². The van der Waals surface area contributed by atoms with Crippen molar-refractivity contribution in [2.45, 2.75) is 38.6 Å². The third-order valence-corrected chi connectivity index (χ3v) is 3.05. The summed E-state index contributed by atoms with van der Waals surface area (Å²) in [6, 6.07) is 5.16. The first kappa shape index (κ1) is 13.1. The van der Waals surface area contributed by atoms with E-state index in [-0.39, 0.29) is 24.4 Å². The topological polar surface area (TPSA) is 46.2 Å². The Labute approximate surface area is 96.3 Å². The largest absolute Gasteiger partial charge is 0.396 e. The lowest BCUT2D eigenvalue weighted by atomic mass is 9.87. The Morgan fingerprint density at radius 2 is 2.12 bits per heavy atom. The minimum atomic E-state index is -0.205. The van der Waals surface area contributed by atoms with Gasteiger partial charge in [-0.2, -0.15) is 0 Å². The summed E-state index contributed by atoms with van der Waals surface area (Å²) in [5, 5.41) is 9.02. The van der Waals surface area contributed by atoms with E-state index in [1.165, 1.54) is 6.07 Å². The molecule has 0 aliphatic rings. The summed E-state index contributed by atoms with van der Waals surface area (Å²) in [6.07, 6.45) is 1.40. The second kappa shape index (κ2) is 5.97. The van der Waals surface area contributed by atoms with Crippen LogP contribution in [0.3, 0.4) is 0 Å². The standard InChI is InChI=1S/C13H20FNO/c1-3-13(15)11(6-7-16)10-5-4-9(2)12(14)8-10/h4-5,8,11,13,16H,3,6-7,15H2,1-2H3. The quantitative estimate of drug-likeness (QED) is 0.808. The Bertz CT molecular complexity index is 341. The van der Waals surface area contributed by atoms with Crippen LogP contribution in [0.4, 0.5) is 4.39 Å². The van der Waals surface area contributed by atoms with Crippen LogP contribution in [0.15, 0.2) is 18.2 Å². The van der Waals surface area contributed by atoms with E-state index in [1.54, 1.807) is 13.0 Å². The molecule has 0 fully saturated rings. The molecule has 1 rings (SSSR count). The summed E-state index contributed by atoms with van der Waals surface area (Å²) in [4.78, 5) is 0. The zero-order valence-electron chi connectivity index (χ0n) is 9.91. The van der Waals surface area contributed by atoms with Crippen LogP contribution in [0, 0.1) is 12.7 Å². The molecule has 90 valence electrons. The van der Waals surface area contributed by atoms with Gasteiger partial charge in [0.05, 0.1) is 0 Å². The molecule has 0 spiro atoms. The molecule has 1 aromatic rings. The number of nitrogens with two attached hydrogens (primary N) is 1. The molecule has 0 radical (unpaired) electrons. The zero-order chi connectivity index (χ0) is 12.1. The van der Waals surface area contributed by atoms with E-state index in [4.69, 9.17) is 10.8 Å². The highest BCUT2D eigenvalue weighted by atomic mass is 19.1. The smallest absolute Gasteiger partial charge is 0.126 e. The van der Waals surface area contributed by atoms with Crippen LogP contribution in [0.1, 0.15) is 36.8 Å². The lowest BCUT2D eigenvalue weighted by Crippen LogP contribution is -2.28. The Kier molecular flexibility index (Phi) is 4.90. The number of halogens is 1. The predicted octanol–water partition coefficient (Wildman–Crippen LogP) is 2.34. The number of rotatable bonds is 5. The Hall–Kier alpha value is -0.930. The van der Waals surface area contributed by atoms with Crippen molar-refractivity contribution in [2.75, 3.05) is 6.61 Å². The van der Waals surface area contributed by atoms with Crippen LogP contribution in [0.2, 0.25) is 0 Å². The predicted molar refractivity (Wildman–Crippen MR) is 63.8 cm³/mol. The molecule has 0 aromatic heterocycles. The van der Waals surface area contributed by atoms with Crippen molar-refractivity contribution in [3.63, 3.8) is 0 Å². The summed E-state index contributed by atoms with van der Waals surface area (Å²) in [5.74, 6) is -0.172. The van der Waals surface area contributed by atoms with Gasteiger partial charge in [0.15, 0.2) is 0 Å². The number of hydrogen-bond donors (Lipinski definition) is 2. The lowest BCUT2D eigenvalue weighted by Gasteiger charge is -2.22. The minimum absolute atomic E-state index is 0.0325. The lowest BCUT2D eigenvalue weighted by molar-refractivity contribution is 0.266. The van der Waals surface area contributed by atoms with Crippen LogP contribution in [-0.2, 0) is 0 Å². The summed E-state index contributed by atoms with van der Waals surface area (Å²) in [7, 11) is 0. The molecule has 2 atom stereocenters. The fourth-order valence-corrected chi connectivity index (χ4v) is 1.89. The minimum Gasteiger partial charge on any atom is -0.396 e. The van der Waals surface area contributed by atoms with Gasteiger partial charge in [-0.05, 0) is 37.0 Å². The van der Waals surface area contributed by atoms with Crippen molar-refractivity contribution in [1.29, 1.82) is 0 Å². The van der Waals surface area contributed by atoms with Crippen molar-refractivity contribution < 1.29 is 9.50 Å². The number of aliphatic hydroxyl groups is 1. The van der Waals surface area contributed by atoms with Crippen molar-refractivity contribution in [2.24, 2.45) is 5.73 Å². The fraction of sp³-hybridized carbons (Fsp3) is 0.538. The molecule has 3 heteroatoms. The summed E-state index contributed by atoms with van der Waals surface area (Å²) >= 11 is 0. The van der Waals surface area contributed by atoms with Gasteiger partial charge in [0.25, 0.3) is 0 Å². The van der Waals surface area contributed by atoms with Crippen LogP contribution >= 0.6 is 0 Å². The maximum atomic E-state index is 13.4. The van der Waals surface area contributed by atoms with Gasteiger partial charge < -0.3 is 10.8 Å². The summed E-state index contributed by atoms with van der Waals surface area (Å²) < 4.78 is 13.4. The monoisotopic (exact) mass is 225 g/mol. The van der Waals surface area contributed by atoms with E-state index in [1.807, 2.05) is 13.0 Å². The molecular formula is C13H20FNO. The highest BCUT2D eigenvalue weighted by Gasteiger charge is 2.18. The SMILES string of the molecule is CCC(N)C(CCO)c1ccc(C)c(F)c1. The molecule has 0 aliphatic heterocycles. The van der Waals surface area contributed by atoms with Gasteiger partial charge in [0.1, 0.15) is 5.82 Å². The van der Waals surface area contributed by atoms with E-state index in [0.717, 1.165) is 12.0 Å². The Morgan fingerprint density at radius 3 is 2.62 bits per heavy atom. The van der Waals surface area contributed by atoms with Gasteiger partial charge in [-0.3, -0.25) is 0 Å². The van der Waals surface area contributed by atoms with Gasteiger partial charge in [-0.25, -0.2) is 4.39 Å². The zero-order valence-corrected chi connectivity index (χ0v) is 9.91. The molecule has 3 N–H and O–H groups in total. The maximum absolute atomic E-state index is 13.4. The second-order valence-electron chi connectivity index (χ2n) is 4.20. The van der Waals surface area contributed by atoms with Crippen LogP contribution < -0.4 is 5.73 Å². The van der Waals surface area contributed by atoms with Gasteiger partial charge in [-0.1, -0.05) is 19.1 Å². The highest BCUT2D eigenvalue weighted by molar-refractivity contribution is 5.27. The first-order chi connectivity index (χ1) is 7.60. The van der Waals surface area contributed by atoms with Crippen LogP contribution in [0.25, 0.3) is 0 Å². The van der Waals surface area contributed by atoms with E-state index in [0.29, 0.717) is 12.0 Å². The van der Waals surface area contributed by atoms with Gasteiger partial charge in [0.2, 0.25) is 0 Å². The average Bonchev–Trinajstić information content (AvgIpc) is 2.29. The van der Waals surface area contributed by atoms with Crippen LogP contribution in [-0.4, -0.2) is 17.8 Å². The average molecular weight is 225 g/mol. The first-order valence-electron chi connectivity index (χ1n) is 5.72. The fourth-order valence-electron chi connectivity index (χ4n) is 1.89. The van der Waals surface area contributed by atoms with Crippen molar-refractivity contribution in [3.05, 3.63) is 35.1 Å². The summed E-state index contributed by atoms with van der Waals surface area (Å²) in [5.41, 5.74) is 7.51. The second-order valence-corrected chi connectivity index (χ2v) is 4.20. The van der Waals surface area contributed by atoms with Crippen molar-refractivity contribution in [3.8, 4) is 0 Å². The number of aliphatic hydroxyl groups excluding tert-OH is 1.